The SMILES string of the molecule is CC#CCn1c(N2CCNCC2)nc2cnn(Cc3c(C#N)cc(C(=O)NC)cc3C#N)c(=O)c21. The number of nitrogens with one attached hydrogen (secondary N) is 2. The Kier molecular flexibility index (Phi) is 6.77. The molecule has 2 aromatic heterocycles. The Morgan fingerprint density at radius 1 is 1.20 bits per heavy atom. The van der Waals surface area contributed by atoms with Gasteiger partial charge in [-0.3, -0.25) is 14.2 Å². The number of nitrogens with zero attached hydrogens (tertiary/aromatic N) is 7. The van der Waals surface area contributed by atoms with E-state index >= 15 is 0 Å². The standard InChI is InChI=1S/C24H23N9O2/c1-3-4-7-32-21-20(30-24(32)31-8-5-28-6-9-31)14-29-33(23(21)35)15-19-17(12-25)10-16(22(34)27-2)11-18(19)13-26/h10-11,14,28H,5-9,15H2,1-2H3,(H,27,34). The van der Waals surface area contributed by atoms with Gasteiger partial charge in [-0.05, 0) is 19.1 Å². The summed E-state index contributed by atoms with van der Waals surface area (Å²) in [5, 5.41) is 29.4. The van der Waals surface area contributed by atoms with Gasteiger partial charge in [0.25, 0.3) is 11.5 Å². The molecule has 1 saturated heterocycles. The maximum absolute atomic E-state index is 13.6. The van der Waals surface area contributed by atoms with E-state index in [2.05, 4.69) is 37.5 Å². The Bertz CT molecular complexity index is 1470. The van der Waals surface area contributed by atoms with Crippen LogP contribution in [0.2, 0.25) is 0 Å². The topological polar surface area (TPSA) is 145 Å². The van der Waals surface area contributed by atoms with Gasteiger partial charge in [-0.25, -0.2) is 9.67 Å². The molecule has 4 rings (SSSR count). The van der Waals surface area contributed by atoms with E-state index in [1.165, 1.54) is 30.1 Å². The minimum Gasteiger partial charge on any atom is -0.355 e. The molecule has 176 valence electrons. The highest BCUT2D eigenvalue weighted by Gasteiger charge is 2.22. The maximum atomic E-state index is 13.6. The number of fused-ring (bicyclic) bond motifs is 1. The Hall–Kier alpha value is -4.66. The number of hydrogen-bond acceptors (Lipinski definition) is 8. The first-order valence-electron chi connectivity index (χ1n) is 11.0. The van der Waals surface area contributed by atoms with Crippen LogP contribution in [0.5, 0.6) is 0 Å². The molecule has 1 aromatic carbocycles. The number of piperazine rings is 1. The van der Waals surface area contributed by atoms with Crippen molar-refractivity contribution in [3.63, 3.8) is 0 Å². The van der Waals surface area contributed by atoms with Gasteiger partial charge < -0.3 is 15.5 Å². The molecule has 3 aromatic rings. The number of imidazole rings is 1. The van der Waals surface area contributed by atoms with Crippen LogP contribution in [0.1, 0.15) is 34.0 Å². The highest BCUT2D eigenvalue weighted by atomic mass is 16.1. The van der Waals surface area contributed by atoms with Crippen molar-refractivity contribution < 1.29 is 4.79 Å². The van der Waals surface area contributed by atoms with E-state index in [4.69, 9.17) is 0 Å². The second-order valence-corrected chi connectivity index (χ2v) is 7.86. The van der Waals surface area contributed by atoms with Gasteiger partial charge in [0.15, 0.2) is 0 Å². The molecule has 2 N–H and O–H groups in total. The van der Waals surface area contributed by atoms with Crippen molar-refractivity contribution in [3.05, 3.63) is 50.9 Å². The van der Waals surface area contributed by atoms with Crippen LogP contribution in [0.3, 0.4) is 0 Å². The first kappa shape index (κ1) is 23.5. The minimum atomic E-state index is -0.414. The van der Waals surface area contributed by atoms with Crippen LogP contribution in [-0.2, 0) is 13.1 Å². The average Bonchev–Trinajstić information content (AvgIpc) is 3.28. The van der Waals surface area contributed by atoms with Crippen molar-refractivity contribution in [1.82, 2.24) is 30.0 Å². The van der Waals surface area contributed by atoms with Crippen LogP contribution in [0, 0.1) is 34.5 Å². The monoisotopic (exact) mass is 469 g/mol. The van der Waals surface area contributed by atoms with Gasteiger partial charge in [-0.1, -0.05) is 5.92 Å². The number of benzene rings is 1. The van der Waals surface area contributed by atoms with E-state index in [0.29, 0.717) is 29.1 Å². The predicted octanol–water partition coefficient (Wildman–Crippen LogP) is 0.177. The zero-order valence-corrected chi connectivity index (χ0v) is 19.4. The van der Waals surface area contributed by atoms with Crippen molar-refractivity contribution in [1.29, 1.82) is 10.5 Å². The summed E-state index contributed by atoms with van der Waals surface area (Å²) in [6, 6.07) is 6.87. The summed E-state index contributed by atoms with van der Waals surface area (Å²) in [7, 11) is 1.47. The van der Waals surface area contributed by atoms with Crippen LogP contribution >= 0.6 is 0 Å². The van der Waals surface area contributed by atoms with Gasteiger partial charge in [-0.2, -0.15) is 15.6 Å². The van der Waals surface area contributed by atoms with Gasteiger partial charge in [0.1, 0.15) is 11.0 Å². The molecule has 1 aliphatic rings. The Morgan fingerprint density at radius 2 is 1.89 bits per heavy atom. The molecule has 0 saturated carbocycles. The Labute approximate surface area is 201 Å². The van der Waals surface area contributed by atoms with E-state index < -0.39 is 11.5 Å². The van der Waals surface area contributed by atoms with Crippen LogP contribution < -0.4 is 21.1 Å². The lowest BCUT2D eigenvalue weighted by atomic mass is 9.98. The lowest BCUT2D eigenvalue weighted by Crippen LogP contribution is -2.44. The molecule has 0 atom stereocenters. The highest BCUT2D eigenvalue weighted by molar-refractivity contribution is 5.95. The molecule has 0 aliphatic carbocycles. The largest absolute Gasteiger partial charge is 0.355 e. The molecule has 0 radical (unpaired) electrons. The van der Waals surface area contributed by atoms with Crippen molar-refractivity contribution in [2.45, 2.75) is 20.0 Å². The van der Waals surface area contributed by atoms with Crippen molar-refractivity contribution >= 4 is 22.9 Å². The van der Waals surface area contributed by atoms with Crippen molar-refractivity contribution in [2.24, 2.45) is 0 Å². The van der Waals surface area contributed by atoms with Crippen LogP contribution in [-0.4, -0.2) is 58.5 Å². The van der Waals surface area contributed by atoms with Gasteiger partial charge >= 0.3 is 0 Å². The molecular formula is C24H23N9O2. The number of nitriles is 2. The molecule has 11 nitrogen and oxygen atoms in total. The van der Waals surface area contributed by atoms with Gasteiger partial charge in [0.05, 0.1) is 42.6 Å². The number of aromatic nitrogens is 4. The summed E-state index contributed by atoms with van der Waals surface area (Å²) in [5.74, 6) is 6.13. The molecule has 1 aliphatic heterocycles. The zero-order chi connectivity index (χ0) is 24.9. The summed E-state index contributed by atoms with van der Waals surface area (Å²) >= 11 is 0. The first-order chi connectivity index (χ1) is 17.0. The Balaban J connectivity index is 1.84. The first-order valence-corrected chi connectivity index (χ1v) is 11.0. The van der Waals surface area contributed by atoms with Crippen molar-refractivity contribution in [2.75, 3.05) is 38.1 Å². The predicted molar refractivity (Wildman–Crippen MR) is 129 cm³/mol. The van der Waals surface area contributed by atoms with Gasteiger partial charge in [-0.15, -0.1) is 5.92 Å². The van der Waals surface area contributed by atoms with Gasteiger partial charge in [0, 0.05) is 44.4 Å². The van der Waals surface area contributed by atoms with E-state index in [9.17, 15) is 20.1 Å². The maximum Gasteiger partial charge on any atom is 0.293 e. The van der Waals surface area contributed by atoms with E-state index in [1.54, 1.807) is 11.5 Å². The third-order valence-corrected chi connectivity index (χ3v) is 5.83. The summed E-state index contributed by atoms with van der Waals surface area (Å²) in [4.78, 5) is 32.4. The molecular weight excluding hydrogens is 446 g/mol. The second-order valence-electron chi connectivity index (χ2n) is 7.86. The lowest BCUT2D eigenvalue weighted by molar-refractivity contribution is 0.0963. The summed E-state index contributed by atoms with van der Waals surface area (Å²) in [5.41, 5.74) is 1.17. The molecule has 1 amide bonds. The molecule has 0 spiro atoms. The number of rotatable bonds is 5. The third kappa shape index (κ3) is 4.43. The molecule has 35 heavy (non-hydrogen) atoms. The quantitative estimate of drug-likeness (QED) is 0.504. The number of anilines is 1. The number of amides is 1. The molecule has 0 bridgehead atoms. The van der Waals surface area contributed by atoms with E-state index in [1.807, 2.05) is 12.1 Å². The fourth-order valence-corrected chi connectivity index (χ4v) is 4.07. The molecule has 0 unspecified atom stereocenters. The fourth-order valence-electron chi connectivity index (χ4n) is 4.07. The normalized spacial score (nSPS) is 13.0. The Morgan fingerprint density at radius 3 is 2.49 bits per heavy atom. The van der Waals surface area contributed by atoms with Crippen LogP contribution in [0.15, 0.2) is 23.1 Å². The second kappa shape index (κ2) is 10.1. The third-order valence-electron chi connectivity index (χ3n) is 5.83. The summed E-state index contributed by atoms with van der Waals surface area (Å²) in [6.07, 6.45) is 1.51. The zero-order valence-electron chi connectivity index (χ0n) is 19.4. The highest BCUT2D eigenvalue weighted by Crippen LogP contribution is 2.22. The number of carbonyl (C=O) groups excluding carboxylic acids is 1. The van der Waals surface area contributed by atoms with Crippen LogP contribution in [0.25, 0.3) is 11.0 Å². The smallest absolute Gasteiger partial charge is 0.293 e. The van der Waals surface area contributed by atoms with E-state index in [0.717, 1.165) is 26.2 Å². The fraction of sp³-hybridized carbons (Fsp3) is 0.333. The van der Waals surface area contributed by atoms with Gasteiger partial charge in [0.2, 0.25) is 5.95 Å². The molecule has 3 heterocycles. The lowest BCUT2D eigenvalue weighted by Gasteiger charge is -2.28. The number of carbonyl (C=O) groups is 1. The molecule has 1 fully saturated rings. The van der Waals surface area contributed by atoms with E-state index in [-0.39, 0.29) is 23.2 Å². The average molecular weight is 470 g/mol. The molecule has 11 heteroatoms. The summed E-state index contributed by atoms with van der Waals surface area (Å²) < 4.78 is 3.00. The van der Waals surface area contributed by atoms with Crippen LogP contribution in [0.4, 0.5) is 5.95 Å². The summed E-state index contributed by atoms with van der Waals surface area (Å²) in [6.45, 7) is 5.04. The number of hydrogen-bond donors (Lipinski definition) is 2. The van der Waals surface area contributed by atoms with Crippen molar-refractivity contribution in [3.8, 4) is 24.0 Å². The minimum absolute atomic E-state index is 0.109.